The Kier molecular flexibility index (Phi) is 5.52. The standard InChI is InChI=1S/C11H21N3OS/c1-4-7-14-8-6-12-11(14)13-10(2)5-9-16(3)15/h6,8,10H,4-5,7,9H2,1-3H3,(H,12,13). The van der Waals surface area contributed by atoms with Crippen LogP contribution in [0.1, 0.15) is 26.7 Å². The van der Waals surface area contributed by atoms with Gasteiger partial charge in [-0.25, -0.2) is 4.98 Å². The molecule has 1 N–H and O–H groups in total. The van der Waals surface area contributed by atoms with E-state index in [2.05, 4.69) is 28.7 Å². The number of hydrogen-bond donors (Lipinski definition) is 1. The van der Waals surface area contributed by atoms with Gasteiger partial charge in [0.1, 0.15) is 0 Å². The third-order valence-corrected chi connectivity index (χ3v) is 3.20. The summed E-state index contributed by atoms with van der Waals surface area (Å²) in [5, 5.41) is 3.35. The van der Waals surface area contributed by atoms with E-state index < -0.39 is 10.8 Å². The molecule has 0 saturated heterocycles. The van der Waals surface area contributed by atoms with Gasteiger partial charge in [0, 0.05) is 47.8 Å². The first-order valence-corrected chi connectivity index (χ1v) is 7.44. The van der Waals surface area contributed by atoms with Gasteiger partial charge in [0.15, 0.2) is 0 Å². The lowest BCUT2D eigenvalue weighted by atomic mass is 10.3. The zero-order chi connectivity index (χ0) is 12.0. The van der Waals surface area contributed by atoms with Crippen molar-refractivity contribution in [3.05, 3.63) is 12.4 Å². The molecule has 0 radical (unpaired) electrons. The van der Waals surface area contributed by atoms with Crippen LogP contribution in [0, 0.1) is 0 Å². The summed E-state index contributed by atoms with van der Waals surface area (Å²) in [6.07, 6.45) is 7.53. The van der Waals surface area contributed by atoms with Crippen molar-refractivity contribution in [3.63, 3.8) is 0 Å². The molecule has 0 bridgehead atoms. The van der Waals surface area contributed by atoms with Crippen molar-refractivity contribution in [1.82, 2.24) is 9.55 Å². The molecule has 2 atom stereocenters. The van der Waals surface area contributed by atoms with E-state index in [1.54, 1.807) is 6.26 Å². The molecule has 0 aromatic carbocycles. The van der Waals surface area contributed by atoms with E-state index in [1.807, 2.05) is 12.4 Å². The Morgan fingerprint density at radius 2 is 2.38 bits per heavy atom. The molecule has 0 aliphatic rings. The molecule has 4 nitrogen and oxygen atoms in total. The highest BCUT2D eigenvalue weighted by molar-refractivity contribution is 7.84. The molecule has 1 heterocycles. The maximum absolute atomic E-state index is 11.0. The van der Waals surface area contributed by atoms with E-state index >= 15 is 0 Å². The summed E-state index contributed by atoms with van der Waals surface area (Å²) in [6, 6.07) is 0.307. The number of aromatic nitrogens is 2. The van der Waals surface area contributed by atoms with Crippen molar-refractivity contribution in [2.45, 2.75) is 39.3 Å². The predicted molar refractivity (Wildman–Crippen MR) is 69.2 cm³/mol. The van der Waals surface area contributed by atoms with Gasteiger partial charge in [0.05, 0.1) is 0 Å². The normalized spacial score (nSPS) is 14.7. The van der Waals surface area contributed by atoms with Crippen LogP contribution < -0.4 is 5.32 Å². The number of aryl methyl sites for hydroxylation is 1. The van der Waals surface area contributed by atoms with E-state index in [0.29, 0.717) is 6.04 Å². The highest BCUT2D eigenvalue weighted by Crippen LogP contribution is 2.08. The average Bonchev–Trinajstić information content (AvgIpc) is 2.63. The van der Waals surface area contributed by atoms with Gasteiger partial charge in [0.25, 0.3) is 0 Å². The third-order valence-electron chi connectivity index (χ3n) is 2.39. The van der Waals surface area contributed by atoms with Crippen molar-refractivity contribution in [3.8, 4) is 0 Å². The molecule has 1 aromatic heterocycles. The maximum atomic E-state index is 11.0. The van der Waals surface area contributed by atoms with Crippen LogP contribution in [0.15, 0.2) is 12.4 Å². The largest absolute Gasteiger partial charge is 0.353 e. The number of rotatable bonds is 7. The van der Waals surface area contributed by atoms with E-state index in [9.17, 15) is 4.21 Å². The van der Waals surface area contributed by atoms with Gasteiger partial charge in [-0.1, -0.05) is 6.92 Å². The Balaban J connectivity index is 2.45. The van der Waals surface area contributed by atoms with Crippen LogP contribution in [-0.2, 0) is 17.3 Å². The second-order valence-corrected chi connectivity index (χ2v) is 5.61. The van der Waals surface area contributed by atoms with Crippen LogP contribution in [-0.4, -0.2) is 31.8 Å². The second-order valence-electron chi connectivity index (χ2n) is 4.06. The number of imidazole rings is 1. The Labute approximate surface area is 99.9 Å². The Bertz CT molecular complexity index is 338. The van der Waals surface area contributed by atoms with E-state index in [-0.39, 0.29) is 0 Å². The summed E-state index contributed by atoms with van der Waals surface area (Å²) in [5.74, 6) is 1.65. The molecule has 92 valence electrons. The first-order valence-electron chi connectivity index (χ1n) is 5.71. The second kappa shape index (κ2) is 6.68. The molecule has 0 spiro atoms. The van der Waals surface area contributed by atoms with Crippen LogP contribution in [0.25, 0.3) is 0 Å². The summed E-state index contributed by atoms with van der Waals surface area (Å²) in [4.78, 5) is 4.28. The average molecular weight is 243 g/mol. The quantitative estimate of drug-likeness (QED) is 0.795. The zero-order valence-electron chi connectivity index (χ0n) is 10.3. The van der Waals surface area contributed by atoms with Crippen molar-refractivity contribution >= 4 is 16.7 Å². The molecular formula is C11H21N3OS. The van der Waals surface area contributed by atoms with Gasteiger partial charge < -0.3 is 9.88 Å². The molecule has 0 saturated carbocycles. The zero-order valence-corrected chi connectivity index (χ0v) is 11.1. The molecule has 0 amide bonds. The van der Waals surface area contributed by atoms with Crippen LogP contribution in [0.4, 0.5) is 5.95 Å². The topological polar surface area (TPSA) is 46.9 Å². The molecule has 2 unspecified atom stereocenters. The molecule has 16 heavy (non-hydrogen) atoms. The fourth-order valence-electron chi connectivity index (χ4n) is 1.51. The van der Waals surface area contributed by atoms with Crippen molar-refractivity contribution in [1.29, 1.82) is 0 Å². The summed E-state index contributed by atoms with van der Waals surface area (Å²) in [6.45, 7) is 5.22. The monoisotopic (exact) mass is 243 g/mol. The number of nitrogens with zero attached hydrogens (tertiary/aromatic N) is 2. The van der Waals surface area contributed by atoms with E-state index in [0.717, 1.165) is 31.1 Å². The summed E-state index contributed by atoms with van der Waals surface area (Å²) in [7, 11) is -0.710. The van der Waals surface area contributed by atoms with Gasteiger partial charge in [-0.05, 0) is 19.8 Å². The van der Waals surface area contributed by atoms with Crippen LogP contribution in [0.2, 0.25) is 0 Å². The Hall–Kier alpha value is -0.840. The van der Waals surface area contributed by atoms with Gasteiger partial charge >= 0.3 is 0 Å². The number of nitrogens with one attached hydrogen (secondary N) is 1. The molecule has 5 heteroatoms. The summed E-state index contributed by atoms with van der Waals surface area (Å²) in [5.41, 5.74) is 0. The highest BCUT2D eigenvalue weighted by Gasteiger charge is 2.07. The lowest BCUT2D eigenvalue weighted by Gasteiger charge is -2.15. The molecule has 0 fully saturated rings. The van der Waals surface area contributed by atoms with Crippen LogP contribution in [0.5, 0.6) is 0 Å². The SMILES string of the molecule is CCCn1ccnc1NC(C)CCS(C)=O. The number of anilines is 1. The van der Waals surface area contributed by atoms with Crippen LogP contribution in [0.3, 0.4) is 0 Å². The van der Waals surface area contributed by atoms with E-state index in [1.165, 1.54) is 0 Å². The Morgan fingerprint density at radius 1 is 1.62 bits per heavy atom. The van der Waals surface area contributed by atoms with Crippen molar-refractivity contribution in [2.75, 3.05) is 17.3 Å². The van der Waals surface area contributed by atoms with Crippen LogP contribution >= 0.6 is 0 Å². The van der Waals surface area contributed by atoms with Crippen molar-refractivity contribution in [2.24, 2.45) is 0 Å². The fourth-order valence-corrected chi connectivity index (χ4v) is 2.19. The first kappa shape index (κ1) is 13.2. The molecule has 1 aromatic rings. The van der Waals surface area contributed by atoms with Crippen molar-refractivity contribution < 1.29 is 4.21 Å². The van der Waals surface area contributed by atoms with Gasteiger partial charge in [-0.15, -0.1) is 0 Å². The maximum Gasteiger partial charge on any atom is 0.202 e. The number of hydrogen-bond acceptors (Lipinski definition) is 3. The minimum absolute atomic E-state index is 0.307. The smallest absolute Gasteiger partial charge is 0.202 e. The van der Waals surface area contributed by atoms with Gasteiger partial charge in [0.2, 0.25) is 5.95 Å². The summed E-state index contributed by atoms with van der Waals surface area (Å²) < 4.78 is 13.1. The molecule has 1 rings (SSSR count). The van der Waals surface area contributed by atoms with E-state index in [4.69, 9.17) is 0 Å². The fraction of sp³-hybridized carbons (Fsp3) is 0.727. The van der Waals surface area contributed by atoms with Gasteiger partial charge in [-0.2, -0.15) is 0 Å². The molecular weight excluding hydrogens is 222 g/mol. The lowest BCUT2D eigenvalue weighted by molar-refractivity contribution is 0.660. The highest BCUT2D eigenvalue weighted by atomic mass is 32.2. The minimum atomic E-state index is -0.710. The lowest BCUT2D eigenvalue weighted by Crippen LogP contribution is -2.20. The minimum Gasteiger partial charge on any atom is -0.353 e. The third kappa shape index (κ3) is 4.35. The Morgan fingerprint density at radius 3 is 3.00 bits per heavy atom. The summed E-state index contributed by atoms with van der Waals surface area (Å²) >= 11 is 0. The van der Waals surface area contributed by atoms with Gasteiger partial charge in [-0.3, -0.25) is 4.21 Å². The predicted octanol–water partition coefficient (Wildman–Crippen LogP) is 1.86. The first-order chi connectivity index (χ1) is 7.63. The molecule has 0 aliphatic carbocycles. The molecule has 0 aliphatic heterocycles.